The highest BCUT2D eigenvalue weighted by Crippen LogP contribution is 2.47. The van der Waals surface area contributed by atoms with E-state index in [1.807, 2.05) is 0 Å². The van der Waals surface area contributed by atoms with Crippen molar-refractivity contribution in [1.82, 2.24) is 0 Å². The molecular weight excluding hydrogens is 487 g/mol. The Hall–Kier alpha value is -1.88. The second-order valence-corrected chi connectivity index (χ2v) is 7.66. The molecule has 10 heteroatoms. The molecule has 2 aromatic carbocycles. The van der Waals surface area contributed by atoms with Crippen molar-refractivity contribution >= 4 is 56.1 Å². The van der Waals surface area contributed by atoms with Crippen LogP contribution in [-0.4, -0.2) is 38.5 Å². The first-order valence-electron chi connectivity index (χ1n) is 7.58. The van der Waals surface area contributed by atoms with Crippen LogP contribution in [0.15, 0.2) is 25.5 Å². The van der Waals surface area contributed by atoms with Crippen molar-refractivity contribution in [3.63, 3.8) is 0 Å². The number of aromatic hydroxyl groups is 4. The summed E-state index contributed by atoms with van der Waals surface area (Å²) in [6, 6.07) is 2.88. The van der Waals surface area contributed by atoms with Crippen LogP contribution in [0.4, 0.5) is 0 Å². The third kappa shape index (κ3) is 3.06. The molecule has 0 bridgehead atoms. The van der Waals surface area contributed by atoms with Crippen LogP contribution in [0.25, 0.3) is 11.0 Å². The summed E-state index contributed by atoms with van der Waals surface area (Å²) in [5.41, 5.74) is -0.302. The van der Waals surface area contributed by atoms with E-state index in [-0.39, 0.29) is 39.1 Å². The average molecular weight is 500 g/mol. The highest BCUT2D eigenvalue weighted by Gasteiger charge is 2.31. The van der Waals surface area contributed by atoms with Gasteiger partial charge in [0.25, 0.3) is 0 Å². The molecule has 0 amide bonds. The number of phenolic OH excluding ortho intramolecular Hbond substituents is 4. The Kier molecular flexibility index (Phi) is 5.11. The zero-order chi connectivity index (χ0) is 20.2. The van der Waals surface area contributed by atoms with Crippen molar-refractivity contribution in [2.24, 2.45) is 0 Å². The van der Waals surface area contributed by atoms with Gasteiger partial charge in [-0.05, 0) is 61.9 Å². The number of furan rings is 1. The van der Waals surface area contributed by atoms with Crippen molar-refractivity contribution < 1.29 is 35.1 Å². The summed E-state index contributed by atoms with van der Waals surface area (Å²) < 4.78 is 6.08. The van der Waals surface area contributed by atoms with Crippen molar-refractivity contribution in [2.75, 3.05) is 0 Å². The topological polar surface area (TPSA) is 135 Å². The lowest BCUT2D eigenvalue weighted by Crippen LogP contribution is -2.06. The second-order valence-electron chi connectivity index (χ2n) is 5.96. The fraction of sp³-hybridized carbons (Fsp3) is 0.176. The van der Waals surface area contributed by atoms with Gasteiger partial charge in [0.1, 0.15) is 37.1 Å². The van der Waals surface area contributed by atoms with Gasteiger partial charge in [0, 0.05) is 5.56 Å². The molecule has 0 aliphatic heterocycles. The molecule has 0 saturated heterocycles. The van der Waals surface area contributed by atoms with E-state index < -0.39 is 29.5 Å². The van der Waals surface area contributed by atoms with Crippen LogP contribution in [0, 0.1) is 0 Å². The number of benzene rings is 2. The molecule has 7 nitrogen and oxygen atoms in total. The number of aliphatic hydroxyl groups excluding tert-OH is 2. The van der Waals surface area contributed by atoms with E-state index in [2.05, 4.69) is 31.9 Å². The molecule has 27 heavy (non-hydrogen) atoms. The molecule has 2 atom stereocenters. The first kappa shape index (κ1) is 19.9. The minimum Gasteiger partial charge on any atom is -0.506 e. The summed E-state index contributed by atoms with van der Waals surface area (Å²) in [7, 11) is 5.75. The van der Waals surface area contributed by atoms with Gasteiger partial charge in [-0.25, -0.2) is 0 Å². The normalized spacial score (nSPS) is 13.8. The Bertz CT molecular complexity index is 1040. The smallest absolute Gasteiger partial charge is 0.200 e. The van der Waals surface area contributed by atoms with Gasteiger partial charge < -0.3 is 35.1 Å². The average Bonchev–Trinajstić information content (AvgIpc) is 3.02. The first-order chi connectivity index (χ1) is 12.6. The summed E-state index contributed by atoms with van der Waals surface area (Å²) in [6.07, 6.45) is -2.63. The van der Waals surface area contributed by atoms with Crippen LogP contribution in [0.1, 0.15) is 36.0 Å². The molecule has 0 aliphatic carbocycles. The maximum Gasteiger partial charge on any atom is 0.200 e. The van der Waals surface area contributed by atoms with Crippen molar-refractivity contribution in [1.29, 1.82) is 0 Å². The van der Waals surface area contributed by atoms with Crippen molar-refractivity contribution in [3.05, 3.63) is 38.0 Å². The zero-order valence-electron chi connectivity index (χ0n) is 13.7. The lowest BCUT2D eigenvalue weighted by atomic mass is 9.89. The minimum absolute atomic E-state index is 0.0380. The molecule has 1 heterocycles. The van der Waals surface area contributed by atoms with Crippen LogP contribution >= 0.6 is 31.9 Å². The van der Waals surface area contributed by atoms with Gasteiger partial charge in [-0.1, -0.05) is 0 Å². The van der Waals surface area contributed by atoms with E-state index >= 15 is 0 Å². The van der Waals surface area contributed by atoms with E-state index in [4.69, 9.17) is 12.3 Å². The first-order valence-corrected chi connectivity index (χ1v) is 9.17. The van der Waals surface area contributed by atoms with Gasteiger partial charge in [0.15, 0.2) is 11.5 Å². The number of halogens is 2. The van der Waals surface area contributed by atoms with Crippen LogP contribution in [0.5, 0.6) is 23.0 Å². The highest BCUT2D eigenvalue weighted by molar-refractivity contribution is 9.11. The SMILES string of the molecule is [B]c1c(O)c(O)c(O)c2c(C(O)c3cc(Br)c(O)c(Br)c3)c(C(C)O)oc12. The number of phenols is 4. The van der Waals surface area contributed by atoms with Gasteiger partial charge in [0.05, 0.1) is 14.3 Å². The largest absolute Gasteiger partial charge is 0.506 e. The second kappa shape index (κ2) is 6.94. The molecule has 0 fully saturated rings. The van der Waals surface area contributed by atoms with Crippen molar-refractivity contribution in [3.8, 4) is 23.0 Å². The Morgan fingerprint density at radius 2 is 1.48 bits per heavy atom. The fourth-order valence-corrected chi connectivity index (χ4v) is 4.07. The molecule has 2 unspecified atom stereocenters. The number of hydrogen-bond donors (Lipinski definition) is 6. The molecule has 2 radical (unpaired) electrons. The lowest BCUT2D eigenvalue weighted by Gasteiger charge is -2.15. The van der Waals surface area contributed by atoms with Gasteiger partial charge in [-0.3, -0.25) is 0 Å². The van der Waals surface area contributed by atoms with Crippen LogP contribution < -0.4 is 5.46 Å². The van der Waals surface area contributed by atoms with Crippen LogP contribution in [0.2, 0.25) is 0 Å². The number of aliphatic hydroxyl groups is 2. The highest BCUT2D eigenvalue weighted by atomic mass is 79.9. The van der Waals surface area contributed by atoms with Gasteiger partial charge in [0.2, 0.25) is 5.75 Å². The predicted octanol–water partition coefficient (Wildman–Crippen LogP) is 2.71. The zero-order valence-corrected chi connectivity index (χ0v) is 16.9. The summed E-state index contributed by atoms with van der Waals surface area (Å²) >= 11 is 6.33. The monoisotopic (exact) mass is 498 g/mol. The number of rotatable bonds is 3. The van der Waals surface area contributed by atoms with E-state index in [1.165, 1.54) is 19.1 Å². The molecule has 0 aliphatic rings. The van der Waals surface area contributed by atoms with E-state index in [1.54, 1.807) is 0 Å². The quantitative estimate of drug-likeness (QED) is 0.241. The van der Waals surface area contributed by atoms with E-state index in [9.17, 15) is 30.6 Å². The third-order valence-electron chi connectivity index (χ3n) is 4.17. The molecule has 3 aromatic rings. The number of fused-ring (bicyclic) bond motifs is 1. The summed E-state index contributed by atoms with van der Waals surface area (Å²) in [6.45, 7) is 1.38. The Labute approximate surface area is 171 Å². The third-order valence-corrected chi connectivity index (χ3v) is 5.38. The van der Waals surface area contributed by atoms with E-state index in [0.717, 1.165) is 0 Å². The summed E-state index contributed by atoms with van der Waals surface area (Å²) in [4.78, 5) is 0. The Morgan fingerprint density at radius 3 is 2.00 bits per heavy atom. The number of hydrogen-bond acceptors (Lipinski definition) is 7. The van der Waals surface area contributed by atoms with Crippen LogP contribution in [-0.2, 0) is 0 Å². The van der Waals surface area contributed by atoms with Crippen molar-refractivity contribution in [2.45, 2.75) is 19.1 Å². The molecule has 6 N–H and O–H groups in total. The van der Waals surface area contributed by atoms with Gasteiger partial charge >= 0.3 is 0 Å². The molecule has 0 saturated carbocycles. The van der Waals surface area contributed by atoms with Gasteiger partial charge in [-0.15, -0.1) is 0 Å². The molecular formula is C17H13BBr2O7. The fourth-order valence-electron chi connectivity index (χ4n) is 2.84. The molecule has 3 rings (SSSR count). The maximum absolute atomic E-state index is 10.9. The van der Waals surface area contributed by atoms with Gasteiger partial charge in [-0.2, -0.15) is 0 Å². The standard InChI is InChI=1S/C17H13BBr2O7/c1-4(21)16-8(11(22)5-2-6(19)12(23)7(20)3-5)9-13(24)15(26)14(25)10(18)17(9)27-16/h2-4,11,21-26H,1H3. The lowest BCUT2D eigenvalue weighted by molar-refractivity contribution is 0.160. The Morgan fingerprint density at radius 1 is 0.926 bits per heavy atom. The van der Waals surface area contributed by atoms with Crippen LogP contribution in [0.3, 0.4) is 0 Å². The predicted molar refractivity (Wildman–Crippen MR) is 105 cm³/mol. The minimum atomic E-state index is -1.43. The summed E-state index contributed by atoms with van der Waals surface area (Å²) in [5.74, 6) is -2.59. The Balaban J connectivity index is 2.38. The molecule has 0 spiro atoms. The van der Waals surface area contributed by atoms with E-state index in [0.29, 0.717) is 8.95 Å². The molecule has 1 aromatic heterocycles. The summed E-state index contributed by atoms with van der Waals surface area (Å²) in [5, 5.41) is 60.8. The maximum atomic E-state index is 10.9. The molecule has 140 valence electrons.